The number of amides is 1. The van der Waals surface area contributed by atoms with Crippen molar-refractivity contribution in [2.24, 2.45) is 0 Å². The maximum Gasteiger partial charge on any atom is 0.334 e. The van der Waals surface area contributed by atoms with E-state index < -0.39 is 17.2 Å². The molecule has 0 aliphatic heterocycles. The van der Waals surface area contributed by atoms with E-state index in [-0.39, 0.29) is 11.5 Å². The fourth-order valence-electron chi connectivity index (χ4n) is 1.68. The summed E-state index contributed by atoms with van der Waals surface area (Å²) in [5.74, 6) is -0.564. The van der Waals surface area contributed by atoms with Gasteiger partial charge in [0.15, 0.2) is 0 Å². The van der Waals surface area contributed by atoms with Crippen molar-refractivity contribution >= 4 is 17.4 Å². The van der Waals surface area contributed by atoms with Gasteiger partial charge >= 0.3 is 5.69 Å². The van der Waals surface area contributed by atoms with Crippen LogP contribution in [0.1, 0.15) is 6.92 Å². The highest BCUT2D eigenvalue weighted by Crippen LogP contribution is 2.15. The van der Waals surface area contributed by atoms with Crippen LogP contribution >= 0.6 is 0 Å². The molecule has 19 heavy (non-hydrogen) atoms. The van der Waals surface area contributed by atoms with Crippen LogP contribution in [0.4, 0.5) is 11.5 Å². The number of nitrogens with zero attached hydrogens (tertiary/aromatic N) is 1. The Morgan fingerprint density at radius 3 is 2.47 bits per heavy atom. The summed E-state index contributed by atoms with van der Waals surface area (Å²) < 4.78 is 1.12. The summed E-state index contributed by atoms with van der Waals surface area (Å²) in [6.07, 6.45) is 0. The van der Waals surface area contributed by atoms with Crippen molar-refractivity contribution in [3.05, 3.63) is 51.2 Å². The monoisotopic (exact) mass is 260 g/mol. The highest BCUT2D eigenvalue weighted by atomic mass is 16.2. The summed E-state index contributed by atoms with van der Waals surface area (Å²) in [6.45, 7) is 1.25. The molecule has 0 fully saturated rings. The van der Waals surface area contributed by atoms with Gasteiger partial charge in [-0.15, -0.1) is 0 Å². The lowest BCUT2D eigenvalue weighted by Gasteiger charge is -2.12. The minimum Gasteiger partial charge on any atom is -0.383 e. The van der Waals surface area contributed by atoms with Gasteiger partial charge in [0, 0.05) is 6.92 Å². The molecule has 0 saturated carbocycles. The summed E-state index contributed by atoms with van der Waals surface area (Å²) in [5.41, 5.74) is 4.75. The van der Waals surface area contributed by atoms with E-state index in [1.165, 1.54) is 6.92 Å². The second-order valence-corrected chi connectivity index (χ2v) is 3.87. The summed E-state index contributed by atoms with van der Waals surface area (Å²) in [5, 5.41) is 2.31. The molecule has 7 nitrogen and oxygen atoms in total. The predicted octanol–water partition coefficient (Wildman–Crippen LogP) is 0.0664. The number of nitrogens with one attached hydrogen (secondary N) is 2. The molecule has 4 N–H and O–H groups in total. The number of hydrogen-bond acceptors (Lipinski definition) is 4. The van der Waals surface area contributed by atoms with Crippen LogP contribution in [-0.2, 0) is 4.79 Å². The first kappa shape index (κ1) is 12.6. The van der Waals surface area contributed by atoms with Crippen molar-refractivity contribution in [2.45, 2.75) is 6.92 Å². The molecule has 1 aromatic heterocycles. The van der Waals surface area contributed by atoms with Gasteiger partial charge in [-0.1, -0.05) is 18.2 Å². The quantitative estimate of drug-likeness (QED) is 0.709. The number of carbonyl (C=O) groups excluding carboxylic acids is 1. The average molecular weight is 260 g/mol. The standard InChI is InChI=1S/C12H12N4O3/c1-7(17)14-9-10(13)16(12(19)15-11(9)18)8-5-3-2-4-6-8/h2-6H,13H2,1H3,(H,14,17)(H,15,18,19). The molecule has 0 spiro atoms. The molecule has 1 aromatic carbocycles. The molecule has 0 unspecified atom stereocenters. The maximum atomic E-state index is 11.8. The Morgan fingerprint density at radius 2 is 1.89 bits per heavy atom. The van der Waals surface area contributed by atoms with Crippen LogP contribution in [-0.4, -0.2) is 15.5 Å². The molecule has 2 rings (SSSR count). The van der Waals surface area contributed by atoms with E-state index in [4.69, 9.17) is 5.73 Å². The molecule has 2 aromatic rings. The first-order valence-corrected chi connectivity index (χ1v) is 5.48. The summed E-state index contributed by atoms with van der Waals surface area (Å²) in [6, 6.07) is 8.56. The zero-order chi connectivity index (χ0) is 14.0. The van der Waals surface area contributed by atoms with Gasteiger partial charge in [-0.3, -0.25) is 14.6 Å². The molecular weight excluding hydrogens is 248 g/mol. The highest BCUT2D eigenvalue weighted by Gasteiger charge is 2.14. The molecular formula is C12H12N4O3. The lowest BCUT2D eigenvalue weighted by molar-refractivity contribution is -0.114. The number of H-pyrrole nitrogens is 1. The molecule has 98 valence electrons. The number of aromatic nitrogens is 2. The molecule has 0 atom stereocenters. The van der Waals surface area contributed by atoms with E-state index in [9.17, 15) is 14.4 Å². The van der Waals surface area contributed by atoms with E-state index in [1.54, 1.807) is 30.3 Å². The number of rotatable bonds is 2. The van der Waals surface area contributed by atoms with Crippen LogP contribution in [0.3, 0.4) is 0 Å². The topological polar surface area (TPSA) is 110 Å². The number of carbonyl (C=O) groups is 1. The average Bonchev–Trinajstić information content (AvgIpc) is 2.35. The Balaban J connectivity index is 2.72. The van der Waals surface area contributed by atoms with Gasteiger partial charge in [-0.25, -0.2) is 9.36 Å². The van der Waals surface area contributed by atoms with Gasteiger partial charge in [0.05, 0.1) is 5.69 Å². The Bertz CT molecular complexity index is 731. The Morgan fingerprint density at radius 1 is 1.26 bits per heavy atom. The number of nitrogen functional groups attached to an aromatic ring is 1. The largest absolute Gasteiger partial charge is 0.383 e. The van der Waals surface area contributed by atoms with Gasteiger partial charge < -0.3 is 11.1 Å². The van der Waals surface area contributed by atoms with Gasteiger partial charge in [-0.2, -0.15) is 0 Å². The third-order valence-corrected chi connectivity index (χ3v) is 2.46. The molecule has 0 bridgehead atoms. The maximum absolute atomic E-state index is 11.8. The fraction of sp³-hybridized carbons (Fsp3) is 0.0833. The van der Waals surface area contributed by atoms with E-state index in [1.807, 2.05) is 0 Å². The Labute approximate surface area is 107 Å². The van der Waals surface area contributed by atoms with Crippen LogP contribution in [0, 0.1) is 0 Å². The van der Waals surface area contributed by atoms with E-state index in [0.717, 1.165) is 4.57 Å². The predicted molar refractivity (Wildman–Crippen MR) is 71.4 cm³/mol. The second kappa shape index (κ2) is 4.81. The lowest BCUT2D eigenvalue weighted by atomic mass is 10.3. The summed E-state index contributed by atoms with van der Waals surface area (Å²) >= 11 is 0. The molecule has 0 aliphatic rings. The number of benzene rings is 1. The normalized spacial score (nSPS) is 10.2. The number of nitrogens with two attached hydrogens (primary N) is 1. The molecule has 0 aliphatic carbocycles. The van der Waals surface area contributed by atoms with Crippen LogP contribution in [0.25, 0.3) is 5.69 Å². The van der Waals surface area contributed by atoms with Gasteiger partial charge in [0.1, 0.15) is 11.5 Å². The Hall–Kier alpha value is -2.83. The number of para-hydroxylation sites is 1. The molecule has 7 heteroatoms. The fourth-order valence-corrected chi connectivity index (χ4v) is 1.68. The zero-order valence-corrected chi connectivity index (χ0v) is 10.1. The summed E-state index contributed by atoms with van der Waals surface area (Å²) in [7, 11) is 0. The van der Waals surface area contributed by atoms with E-state index in [2.05, 4.69) is 10.3 Å². The number of aromatic amines is 1. The highest BCUT2D eigenvalue weighted by molar-refractivity contribution is 5.91. The van der Waals surface area contributed by atoms with Crippen molar-refractivity contribution < 1.29 is 4.79 Å². The van der Waals surface area contributed by atoms with Crippen LogP contribution in [0.2, 0.25) is 0 Å². The smallest absolute Gasteiger partial charge is 0.334 e. The first-order chi connectivity index (χ1) is 9.00. The van der Waals surface area contributed by atoms with Crippen molar-refractivity contribution in [1.82, 2.24) is 9.55 Å². The second-order valence-electron chi connectivity index (χ2n) is 3.87. The third kappa shape index (κ3) is 2.39. The third-order valence-electron chi connectivity index (χ3n) is 2.46. The van der Waals surface area contributed by atoms with Crippen molar-refractivity contribution in [1.29, 1.82) is 0 Å². The van der Waals surface area contributed by atoms with Gasteiger partial charge in [0.25, 0.3) is 5.56 Å². The number of hydrogen-bond donors (Lipinski definition) is 3. The Kier molecular flexibility index (Phi) is 3.19. The van der Waals surface area contributed by atoms with Crippen molar-refractivity contribution in [3.63, 3.8) is 0 Å². The minimum absolute atomic E-state index is 0.116. The van der Waals surface area contributed by atoms with Crippen molar-refractivity contribution in [2.75, 3.05) is 11.1 Å². The van der Waals surface area contributed by atoms with Gasteiger partial charge in [0.2, 0.25) is 5.91 Å². The molecule has 0 radical (unpaired) electrons. The summed E-state index contributed by atoms with van der Waals surface area (Å²) in [4.78, 5) is 36.6. The van der Waals surface area contributed by atoms with E-state index in [0.29, 0.717) is 5.69 Å². The van der Waals surface area contributed by atoms with Gasteiger partial charge in [-0.05, 0) is 12.1 Å². The SMILES string of the molecule is CC(=O)Nc1c(N)n(-c2ccccc2)c(=O)[nH]c1=O. The molecule has 1 amide bonds. The van der Waals surface area contributed by atoms with E-state index >= 15 is 0 Å². The zero-order valence-electron chi connectivity index (χ0n) is 10.1. The van der Waals surface area contributed by atoms with Crippen LogP contribution < -0.4 is 22.3 Å². The first-order valence-electron chi connectivity index (χ1n) is 5.48. The molecule has 0 saturated heterocycles. The van der Waals surface area contributed by atoms with Crippen molar-refractivity contribution in [3.8, 4) is 5.69 Å². The minimum atomic E-state index is -0.732. The van der Waals surface area contributed by atoms with Crippen LogP contribution in [0.5, 0.6) is 0 Å². The molecule has 1 heterocycles. The lowest BCUT2D eigenvalue weighted by Crippen LogP contribution is -2.33. The van der Waals surface area contributed by atoms with Crippen LogP contribution in [0.15, 0.2) is 39.9 Å². The number of anilines is 2.